The van der Waals surface area contributed by atoms with E-state index in [0.717, 1.165) is 19.3 Å². The summed E-state index contributed by atoms with van der Waals surface area (Å²) in [5, 5.41) is 14.6. The molecule has 0 aromatic heterocycles. The Hall–Kier alpha value is -1.78. The van der Waals surface area contributed by atoms with Gasteiger partial charge < -0.3 is 10.1 Å². The number of nitro groups is 1. The summed E-state index contributed by atoms with van der Waals surface area (Å²) in [6, 6.07) is 5.16. The molecule has 5 heteroatoms. The van der Waals surface area contributed by atoms with E-state index in [1.165, 1.54) is 0 Å². The zero-order chi connectivity index (χ0) is 15.2. The predicted molar refractivity (Wildman–Crippen MR) is 81.5 cm³/mol. The van der Waals surface area contributed by atoms with E-state index in [-0.39, 0.29) is 16.1 Å². The highest BCUT2D eigenvalue weighted by molar-refractivity contribution is 5.69. The van der Waals surface area contributed by atoms with Gasteiger partial charge in [-0.25, -0.2) is 0 Å². The average molecular weight is 280 g/mol. The lowest BCUT2D eigenvalue weighted by Gasteiger charge is -2.27. The Morgan fingerprint density at radius 2 is 2.00 bits per heavy atom. The molecular weight excluding hydrogens is 256 g/mol. The van der Waals surface area contributed by atoms with E-state index < -0.39 is 0 Å². The van der Waals surface area contributed by atoms with Crippen LogP contribution in [-0.4, -0.2) is 17.1 Å². The fourth-order valence-corrected chi connectivity index (χ4v) is 2.19. The van der Waals surface area contributed by atoms with Crippen molar-refractivity contribution < 1.29 is 9.66 Å². The quantitative estimate of drug-likeness (QED) is 0.567. The Morgan fingerprint density at radius 1 is 1.30 bits per heavy atom. The second-order valence-corrected chi connectivity index (χ2v) is 5.52. The number of nitro benzene ring substituents is 1. The normalized spacial score (nSPS) is 11.2. The maximum absolute atomic E-state index is 11.3. The Morgan fingerprint density at radius 3 is 2.55 bits per heavy atom. The van der Waals surface area contributed by atoms with Gasteiger partial charge in [0.1, 0.15) is 5.69 Å². The summed E-state index contributed by atoms with van der Waals surface area (Å²) < 4.78 is 5.48. The molecule has 0 amide bonds. The highest BCUT2D eigenvalue weighted by atomic mass is 16.6. The Kier molecular flexibility index (Phi) is 5.80. The van der Waals surface area contributed by atoms with E-state index in [2.05, 4.69) is 12.2 Å². The van der Waals surface area contributed by atoms with Crippen LogP contribution in [0.5, 0.6) is 5.75 Å². The zero-order valence-corrected chi connectivity index (χ0v) is 12.7. The molecule has 0 fully saturated rings. The summed E-state index contributed by atoms with van der Waals surface area (Å²) in [5.74, 6) is 0.328. The number of benzene rings is 1. The lowest BCUT2D eigenvalue weighted by Crippen LogP contribution is -2.30. The molecule has 0 saturated heterocycles. The lowest BCUT2D eigenvalue weighted by atomic mass is 9.98. The Bertz CT molecular complexity index is 458. The summed E-state index contributed by atoms with van der Waals surface area (Å²) in [5.41, 5.74) is 0.343. The van der Waals surface area contributed by atoms with Crippen LogP contribution in [-0.2, 0) is 0 Å². The van der Waals surface area contributed by atoms with Gasteiger partial charge in [0.2, 0.25) is 0 Å². The number of nitrogens with one attached hydrogen (secondary N) is 1. The summed E-state index contributed by atoms with van der Waals surface area (Å²) in [7, 11) is 0. The third kappa shape index (κ3) is 4.40. The van der Waals surface area contributed by atoms with Gasteiger partial charge in [0, 0.05) is 5.54 Å². The smallest absolute Gasteiger partial charge is 0.333 e. The molecule has 1 N–H and O–H groups in total. The SMILES string of the molecule is CCCOc1cccc(NC(C)(C)CCC)c1[N+](=O)[O-]. The number of ether oxygens (including phenoxy) is 1. The number of rotatable bonds is 8. The number of hydrogen-bond donors (Lipinski definition) is 1. The summed E-state index contributed by atoms with van der Waals surface area (Å²) in [4.78, 5) is 11.0. The summed E-state index contributed by atoms with van der Waals surface area (Å²) >= 11 is 0. The first-order valence-electron chi connectivity index (χ1n) is 7.09. The second-order valence-electron chi connectivity index (χ2n) is 5.52. The van der Waals surface area contributed by atoms with Gasteiger partial charge in [-0.3, -0.25) is 10.1 Å². The van der Waals surface area contributed by atoms with Crippen LogP contribution in [0, 0.1) is 10.1 Å². The van der Waals surface area contributed by atoms with Crippen molar-refractivity contribution in [2.45, 2.75) is 52.5 Å². The van der Waals surface area contributed by atoms with Crippen molar-refractivity contribution in [2.75, 3.05) is 11.9 Å². The van der Waals surface area contributed by atoms with Crippen LogP contribution in [0.3, 0.4) is 0 Å². The van der Waals surface area contributed by atoms with Crippen LogP contribution in [0.1, 0.15) is 47.0 Å². The van der Waals surface area contributed by atoms with Gasteiger partial charge in [-0.05, 0) is 38.8 Å². The molecule has 0 aliphatic heterocycles. The zero-order valence-electron chi connectivity index (χ0n) is 12.7. The average Bonchev–Trinajstić information content (AvgIpc) is 2.35. The van der Waals surface area contributed by atoms with Crippen LogP contribution in [0.25, 0.3) is 0 Å². The third-order valence-corrected chi connectivity index (χ3v) is 2.99. The predicted octanol–water partition coefficient (Wildman–Crippen LogP) is 4.37. The van der Waals surface area contributed by atoms with Gasteiger partial charge in [0.25, 0.3) is 0 Å². The molecule has 0 saturated carbocycles. The monoisotopic (exact) mass is 280 g/mol. The van der Waals surface area contributed by atoms with Crippen LogP contribution >= 0.6 is 0 Å². The molecule has 0 radical (unpaired) electrons. The van der Waals surface area contributed by atoms with Crippen molar-refractivity contribution in [3.63, 3.8) is 0 Å². The molecule has 0 aliphatic carbocycles. The van der Waals surface area contributed by atoms with E-state index in [9.17, 15) is 10.1 Å². The maximum atomic E-state index is 11.3. The van der Waals surface area contributed by atoms with Crippen molar-refractivity contribution in [3.05, 3.63) is 28.3 Å². The Balaban J connectivity index is 3.09. The molecule has 1 rings (SSSR count). The van der Waals surface area contributed by atoms with Crippen molar-refractivity contribution in [3.8, 4) is 5.75 Å². The molecule has 0 heterocycles. The molecule has 0 aliphatic rings. The van der Waals surface area contributed by atoms with Crippen LogP contribution in [0.2, 0.25) is 0 Å². The fraction of sp³-hybridized carbons (Fsp3) is 0.600. The van der Waals surface area contributed by atoms with Gasteiger partial charge in [0.05, 0.1) is 11.5 Å². The largest absolute Gasteiger partial charge is 0.487 e. The number of nitrogens with zero attached hydrogens (tertiary/aromatic N) is 1. The third-order valence-electron chi connectivity index (χ3n) is 2.99. The Labute approximate surface area is 120 Å². The first kappa shape index (κ1) is 16.3. The molecule has 20 heavy (non-hydrogen) atoms. The first-order chi connectivity index (χ1) is 9.41. The lowest BCUT2D eigenvalue weighted by molar-refractivity contribution is -0.385. The number of para-hydroxylation sites is 1. The fourth-order valence-electron chi connectivity index (χ4n) is 2.19. The van der Waals surface area contributed by atoms with Crippen molar-refractivity contribution in [1.82, 2.24) is 0 Å². The van der Waals surface area contributed by atoms with Gasteiger partial charge in [0.15, 0.2) is 5.75 Å². The minimum atomic E-state index is -0.380. The van der Waals surface area contributed by atoms with Crippen LogP contribution in [0.15, 0.2) is 18.2 Å². The summed E-state index contributed by atoms with van der Waals surface area (Å²) in [6.07, 6.45) is 2.76. The van der Waals surface area contributed by atoms with E-state index in [1.54, 1.807) is 18.2 Å². The van der Waals surface area contributed by atoms with E-state index in [0.29, 0.717) is 18.0 Å². The van der Waals surface area contributed by atoms with Crippen molar-refractivity contribution >= 4 is 11.4 Å². The highest BCUT2D eigenvalue weighted by Crippen LogP contribution is 2.36. The molecule has 112 valence electrons. The molecule has 0 spiro atoms. The molecular formula is C15H24N2O3. The minimum Gasteiger partial charge on any atom is -0.487 e. The first-order valence-corrected chi connectivity index (χ1v) is 7.09. The van der Waals surface area contributed by atoms with Gasteiger partial charge >= 0.3 is 5.69 Å². The van der Waals surface area contributed by atoms with E-state index >= 15 is 0 Å². The minimum absolute atomic E-state index is 0.0186. The van der Waals surface area contributed by atoms with E-state index in [4.69, 9.17) is 4.74 Å². The number of anilines is 1. The second kappa shape index (κ2) is 7.12. The molecule has 1 aromatic rings. The number of hydrogen-bond acceptors (Lipinski definition) is 4. The molecule has 5 nitrogen and oxygen atoms in total. The van der Waals surface area contributed by atoms with Gasteiger partial charge in [-0.15, -0.1) is 0 Å². The van der Waals surface area contributed by atoms with Crippen molar-refractivity contribution in [2.24, 2.45) is 0 Å². The molecule has 0 atom stereocenters. The topological polar surface area (TPSA) is 64.4 Å². The maximum Gasteiger partial charge on any atom is 0.333 e. The van der Waals surface area contributed by atoms with Gasteiger partial charge in [-0.2, -0.15) is 0 Å². The standard InChI is InChI=1S/C15H24N2O3/c1-5-10-15(3,4)16-12-8-7-9-13(20-11-6-2)14(12)17(18)19/h7-9,16H,5-6,10-11H2,1-4H3. The molecule has 0 unspecified atom stereocenters. The molecule has 0 bridgehead atoms. The molecule has 1 aromatic carbocycles. The van der Waals surface area contributed by atoms with Crippen LogP contribution < -0.4 is 10.1 Å². The van der Waals surface area contributed by atoms with Crippen LogP contribution in [0.4, 0.5) is 11.4 Å². The van der Waals surface area contributed by atoms with E-state index in [1.807, 2.05) is 20.8 Å². The van der Waals surface area contributed by atoms with Crippen molar-refractivity contribution in [1.29, 1.82) is 0 Å². The highest BCUT2D eigenvalue weighted by Gasteiger charge is 2.25. The van der Waals surface area contributed by atoms with Gasteiger partial charge in [-0.1, -0.05) is 26.3 Å². The summed E-state index contributed by atoms with van der Waals surface area (Å²) in [6.45, 7) is 8.62.